The molecule has 0 unspecified atom stereocenters. The van der Waals surface area contributed by atoms with Crippen LogP contribution in [0.2, 0.25) is 0 Å². The summed E-state index contributed by atoms with van der Waals surface area (Å²) in [5.74, 6) is 0. The zero-order valence-electron chi connectivity index (χ0n) is 12.7. The second-order valence-corrected chi connectivity index (χ2v) is 5.91. The van der Waals surface area contributed by atoms with E-state index in [2.05, 4.69) is 20.7 Å². The minimum Gasteiger partial charge on any atom is -0.337 e. The molecule has 0 saturated carbocycles. The molecule has 0 saturated heterocycles. The van der Waals surface area contributed by atoms with Gasteiger partial charge in [-0.05, 0) is 30.7 Å². The molecule has 2 heterocycles. The van der Waals surface area contributed by atoms with Crippen LogP contribution in [0.5, 0.6) is 0 Å². The number of carbonyl (C=O) groups excluding carboxylic acids is 1. The predicted molar refractivity (Wildman–Crippen MR) is 91.1 cm³/mol. The first kappa shape index (κ1) is 15.2. The Morgan fingerprint density at radius 1 is 1.35 bits per heavy atom. The number of aromatic nitrogens is 3. The standard InChI is InChI=1S/C16H17N5OS/c1-12-4-2-5-13(10-12)19-15(22)17-8-6-14-11-23-16(20-14)21-9-3-7-18-21/h2-5,7,9-11H,6,8H2,1H3,(H2,17,19,22). The van der Waals surface area contributed by atoms with E-state index in [1.165, 1.54) is 11.3 Å². The summed E-state index contributed by atoms with van der Waals surface area (Å²) >= 11 is 1.53. The van der Waals surface area contributed by atoms with Crippen LogP contribution in [0.25, 0.3) is 5.13 Å². The predicted octanol–water partition coefficient (Wildman–Crippen LogP) is 3.00. The molecule has 3 aromatic rings. The molecule has 0 aliphatic rings. The lowest BCUT2D eigenvalue weighted by Gasteiger charge is -2.07. The largest absolute Gasteiger partial charge is 0.337 e. The van der Waals surface area contributed by atoms with Crippen LogP contribution in [0, 0.1) is 6.92 Å². The van der Waals surface area contributed by atoms with Gasteiger partial charge in [-0.1, -0.05) is 12.1 Å². The average Bonchev–Trinajstić information content (AvgIpc) is 3.18. The van der Waals surface area contributed by atoms with Gasteiger partial charge in [-0.2, -0.15) is 5.10 Å². The molecule has 2 amide bonds. The van der Waals surface area contributed by atoms with Crippen molar-refractivity contribution in [2.75, 3.05) is 11.9 Å². The zero-order chi connectivity index (χ0) is 16.1. The second-order valence-electron chi connectivity index (χ2n) is 5.07. The first-order valence-corrected chi connectivity index (χ1v) is 8.14. The minimum atomic E-state index is -0.210. The molecule has 0 radical (unpaired) electrons. The van der Waals surface area contributed by atoms with E-state index in [1.807, 2.05) is 48.8 Å². The Balaban J connectivity index is 1.47. The molecular weight excluding hydrogens is 310 g/mol. The molecular formula is C16H17N5OS. The van der Waals surface area contributed by atoms with E-state index in [-0.39, 0.29) is 6.03 Å². The fourth-order valence-corrected chi connectivity index (χ4v) is 2.90. The third-order valence-corrected chi connectivity index (χ3v) is 4.06. The molecule has 0 spiro atoms. The number of hydrogen-bond acceptors (Lipinski definition) is 4. The maximum absolute atomic E-state index is 11.9. The fraction of sp³-hybridized carbons (Fsp3) is 0.188. The van der Waals surface area contributed by atoms with Crippen molar-refractivity contribution in [1.29, 1.82) is 0 Å². The number of rotatable bonds is 5. The Morgan fingerprint density at radius 2 is 2.26 bits per heavy atom. The van der Waals surface area contributed by atoms with Crippen LogP contribution in [0.15, 0.2) is 48.1 Å². The summed E-state index contributed by atoms with van der Waals surface area (Å²) in [5, 5.41) is 12.6. The number of nitrogens with zero attached hydrogens (tertiary/aromatic N) is 3. The molecule has 0 bridgehead atoms. The van der Waals surface area contributed by atoms with Gasteiger partial charge in [-0.3, -0.25) is 0 Å². The van der Waals surface area contributed by atoms with Gasteiger partial charge >= 0.3 is 6.03 Å². The number of anilines is 1. The van der Waals surface area contributed by atoms with Crippen molar-refractivity contribution in [1.82, 2.24) is 20.1 Å². The first-order chi connectivity index (χ1) is 11.2. The summed E-state index contributed by atoms with van der Waals surface area (Å²) in [5.41, 5.74) is 2.84. The summed E-state index contributed by atoms with van der Waals surface area (Å²) in [4.78, 5) is 16.3. The van der Waals surface area contributed by atoms with Crippen LogP contribution in [0.1, 0.15) is 11.3 Å². The average molecular weight is 327 g/mol. The summed E-state index contributed by atoms with van der Waals surface area (Å²) in [6.45, 7) is 2.52. The van der Waals surface area contributed by atoms with E-state index in [0.717, 1.165) is 22.1 Å². The van der Waals surface area contributed by atoms with Gasteiger partial charge in [0, 0.05) is 36.4 Å². The number of urea groups is 1. The van der Waals surface area contributed by atoms with Gasteiger partial charge in [0.05, 0.1) is 5.69 Å². The molecule has 2 aromatic heterocycles. The number of carbonyl (C=O) groups is 1. The molecule has 7 heteroatoms. The smallest absolute Gasteiger partial charge is 0.319 e. The van der Waals surface area contributed by atoms with Gasteiger partial charge in [0.2, 0.25) is 5.13 Å². The number of nitrogens with one attached hydrogen (secondary N) is 2. The molecule has 0 aliphatic heterocycles. The second kappa shape index (κ2) is 7.06. The Bertz CT molecular complexity index is 781. The van der Waals surface area contributed by atoms with Crippen molar-refractivity contribution in [2.24, 2.45) is 0 Å². The molecule has 2 N–H and O–H groups in total. The third kappa shape index (κ3) is 4.17. The number of thiazole rings is 1. The van der Waals surface area contributed by atoms with E-state index in [4.69, 9.17) is 0 Å². The summed E-state index contributed by atoms with van der Waals surface area (Å²) in [6.07, 6.45) is 4.26. The highest BCUT2D eigenvalue weighted by atomic mass is 32.1. The number of hydrogen-bond donors (Lipinski definition) is 2. The molecule has 0 atom stereocenters. The van der Waals surface area contributed by atoms with Crippen molar-refractivity contribution in [3.05, 3.63) is 59.4 Å². The Morgan fingerprint density at radius 3 is 3.04 bits per heavy atom. The van der Waals surface area contributed by atoms with Crippen LogP contribution in [-0.2, 0) is 6.42 Å². The lowest BCUT2D eigenvalue weighted by Crippen LogP contribution is -2.30. The van der Waals surface area contributed by atoms with Gasteiger partial charge in [0.1, 0.15) is 0 Å². The topological polar surface area (TPSA) is 71.8 Å². The summed E-state index contributed by atoms with van der Waals surface area (Å²) in [7, 11) is 0. The zero-order valence-corrected chi connectivity index (χ0v) is 13.5. The normalized spacial score (nSPS) is 10.5. The molecule has 0 fully saturated rings. The minimum absolute atomic E-state index is 0.210. The van der Waals surface area contributed by atoms with Gasteiger partial charge in [0.15, 0.2) is 0 Å². The number of benzene rings is 1. The maximum atomic E-state index is 11.9. The molecule has 118 valence electrons. The summed E-state index contributed by atoms with van der Waals surface area (Å²) in [6, 6.07) is 9.34. The molecule has 6 nitrogen and oxygen atoms in total. The van der Waals surface area contributed by atoms with E-state index >= 15 is 0 Å². The fourth-order valence-electron chi connectivity index (χ4n) is 2.10. The summed E-state index contributed by atoms with van der Waals surface area (Å²) < 4.78 is 1.73. The molecule has 0 aliphatic carbocycles. The molecule has 1 aromatic carbocycles. The molecule has 23 heavy (non-hydrogen) atoms. The Labute approximate surface area is 138 Å². The van der Waals surface area contributed by atoms with E-state index in [9.17, 15) is 4.79 Å². The quantitative estimate of drug-likeness (QED) is 0.757. The number of amides is 2. The van der Waals surface area contributed by atoms with Gasteiger partial charge in [-0.15, -0.1) is 11.3 Å². The highest BCUT2D eigenvalue weighted by Crippen LogP contribution is 2.14. The van der Waals surface area contributed by atoms with Crippen LogP contribution in [-0.4, -0.2) is 27.3 Å². The van der Waals surface area contributed by atoms with E-state index in [1.54, 1.807) is 10.9 Å². The highest BCUT2D eigenvalue weighted by molar-refractivity contribution is 7.12. The Hall–Kier alpha value is -2.67. The van der Waals surface area contributed by atoms with Crippen LogP contribution in [0.4, 0.5) is 10.5 Å². The SMILES string of the molecule is Cc1cccc(NC(=O)NCCc2csc(-n3cccn3)n2)c1. The van der Waals surface area contributed by atoms with Crippen LogP contribution < -0.4 is 10.6 Å². The lowest BCUT2D eigenvalue weighted by molar-refractivity contribution is 0.252. The molecule has 3 rings (SSSR count). The van der Waals surface area contributed by atoms with Crippen LogP contribution >= 0.6 is 11.3 Å². The van der Waals surface area contributed by atoms with Crippen molar-refractivity contribution in [3.8, 4) is 5.13 Å². The number of aryl methyl sites for hydroxylation is 1. The van der Waals surface area contributed by atoms with Crippen molar-refractivity contribution in [3.63, 3.8) is 0 Å². The lowest BCUT2D eigenvalue weighted by atomic mass is 10.2. The van der Waals surface area contributed by atoms with Gasteiger partial charge < -0.3 is 10.6 Å². The monoisotopic (exact) mass is 327 g/mol. The van der Waals surface area contributed by atoms with Crippen molar-refractivity contribution < 1.29 is 4.79 Å². The van der Waals surface area contributed by atoms with Gasteiger partial charge in [0.25, 0.3) is 0 Å². The van der Waals surface area contributed by atoms with Crippen LogP contribution in [0.3, 0.4) is 0 Å². The first-order valence-electron chi connectivity index (χ1n) is 7.26. The Kier molecular flexibility index (Phi) is 4.68. The third-order valence-electron chi connectivity index (χ3n) is 3.18. The maximum Gasteiger partial charge on any atom is 0.319 e. The van der Waals surface area contributed by atoms with Crippen molar-refractivity contribution in [2.45, 2.75) is 13.3 Å². The van der Waals surface area contributed by atoms with E-state index < -0.39 is 0 Å². The van der Waals surface area contributed by atoms with E-state index in [0.29, 0.717) is 13.0 Å². The van der Waals surface area contributed by atoms with Gasteiger partial charge in [-0.25, -0.2) is 14.5 Å². The highest BCUT2D eigenvalue weighted by Gasteiger charge is 2.05. The van der Waals surface area contributed by atoms with Crippen molar-refractivity contribution >= 4 is 23.1 Å².